The second-order valence-electron chi connectivity index (χ2n) is 6.32. The second-order valence-corrected chi connectivity index (χ2v) is 6.76. The number of hydrogen-bond acceptors (Lipinski definition) is 2. The van der Waals surface area contributed by atoms with Crippen molar-refractivity contribution in [1.29, 1.82) is 0 Å². The van der Waals surface area contributed by atoms with Gasteiger partial charge in [-0.15, -0.1) is 0 Å². The normalized spacial score (nSPS) is 25.3. The lowest BCUT2D eigenvalue weighted by Crippen LogP contribution is -2.41. The van der Waals surface area contributed by atoms with Gasteiger partial charge < -0.3 is 10.1 Å². The van der Waals surface area contributed by atoms with Gasteiger partial charge in [-0.2, -0.15) is 0 Å². The van der Waals surface area contributed by atoms with Crippen LogP contribution in [0.1, 0.15) is 30.9 Å². The Kier molecular flexibility index (Phi) is 3.84. The Morgan fingerprint density at radius 3 is 2.79 bits per heavy atom. The SMILES string of the molecule is CC1(CNC2Cc3ccc(Cl)cc3C2)CCOCC1. The number of benzene rings is 1. The molecule has 2 nitrogen and oxygen atoms in total. The molecule has 3 heteroatoms. The maximum Gasteiger partial charge on any atom is 0.0471 e. The molecule has 1 unspecified atom stereocenters. The number of fused-ring (bicyclic) bond motifs is 1. The first-order valence-electron chi connectivity index (χ1n) is 7.23. The molecular weight excluding hydrogens is 258 g/mol. The van der Waals surface area contributed by atoms with Gasteiger partial charge in [0.05, 0.1) is 0 Å². The predicted octanol–water partition coefficient (Wildman–Crippen LogP) is 3.21. The molecule has 19 heavy (non-hydrogen) atoms. The molecule has 1 aromatic rings. The summed E-state index contributed by atoms with van der Waals surface area (Å²) < 4.78 is 5.46. The van der Waals surface area contributed by atoms with E-state index in [9.17, 15) is 0 Å². The van der Waals surface area contributed by atoms with Gasteiger partial charge in [-0.05, 0) is 54.4 Å². The van der Waals surface area contributed by atoms with E-state index in [0.717, 1.165) is 37.6 Å². The van der Waals surface area contributed by atoms with E-state index in [1.54, 1.807) is 0 Å². The summed E-state index contributed by atoms with van der Waals surface area (Å²) in [4.78, 5) is 0. The van der Waals surface area contributed by atoms with Crippen molar-refractivity contribution in [3.63, 3.8) is 0 Å². The molecule has 1 saturated heterocycles. The third-order valence-corrected chi connectivity index (χ3v) is 4.85. The molecule has 1 aromatic carbocycles. The minimum Gasteiger partial charge on any atom is -0.381 e. The van der Waals surface area contributed by atoms with Crippen LogP contribution in [-0.4, -0.2) is 25.8 Å². The molecule has 1 atom stereocenters. The lowest BCUT2D eigenvalue weighted by Gasteiger charge is -2.34. The first-order valence-corrected chi connectivity index (χ1v) is 7.61. The Morgan fingerprint density at radius 2 is 2.00 bits per heavy atom. The van der Waals surface area contributed by atoms with Crippen molar-refractivity contribution >= 4 is 11.6 Å². The van der Waals surface area contributed by atoms with Gasteiger partial charge in [-0.25, -0.2) is 0 Å². The first kappa shape index (κ1) is 13.4. The number of halogens is 1. The van der Waals surface area contributed by atoms with Crippen molar-refractivity contribution in [1.82, 2.24) is 5.32 Å². The van der Waals surface area contributed by atoms with Crippen LogP contribution in [0.5, 0.6) is 0 Å². The van der Waals surface area contributed by atoms with Crippen LogP contribution < -0.4 is 5.32 Å². The summed E-state index contributed by atoms with van der Waals surface area (Å²) in [6.07, 6.45) is 4.60. The average Bonchev–Trinajstić information content (AvgIpc) is 2.79. The van der Waals surface area contributed by atoms with E-state index in [1.165, 1.54) is 24.0 Å². The van der Waals surface area contributed by atoms with Gasteiger partial charge >= 0.3 is 0 Å². The van der Waals surface area contributed by atoms with E-state index in [4.69, 9.17) is 16.3 Å². The van der Waals surface area contributed by atoms with Crippen molar-refractivity contribution in [2.24, 2.45) is 5.41 Å². The highest BCUT2D eigenvalue weighted by atomic mass is 35.5. The van der Waals surface area contributed by atoms with Gasteiger partial charge in [0.2, 0.25) is 0 Å². The van der Waals surface area contributed by atoms with Crippen LogP contribution in [0.4, 0.5) is 0 Å². The maximum absolute atomic E-state index is 6.06. The number of nitrogens with one attached hydrogen (secondary N) is 1. The highest BCUT2D eigenvalue weighted by Crippen LogP contribution is 2.30. The molecule has 0 spiro atoms. The lowest BCUT2D eigenvalue weighted by atomic mass is 9.82. The summed E-state index contributed by atoms with van der Waals surface area (Å²) in [5.41, 5.74) is 3.28. The highest BCUT2D eigenvalue weighted by Gasteiger charge is 2.29. The molecule has 1 heterocycles. The van der Waals surface area contributed by atoms with Gasteiger partial charge in [0.1, 0.15) is 0 Å². The van der Waals surface area contributed by atoms with E-state index in [2.05, 4.69) is 24.4 Å². The number of hydrogen-bond donors (Lipinski definition) is 1. The van der Waals surface area contributed by atoms with E-state index in [-0.39, 0.29) is 0 Å². The molecule has 3 rings (SSSR count). The topological polar surface area (TPSA) is 21.3 Å². The first-order chi connectivity index (χ1) is 9.15. The highest BCUT2D eigenvalue weighted by molar-refractivity contribution is 6.30. The number of ether oxygens (including phenoxy) is 1. The number of rotatable bonds is 3. The Morgan fingerprint density at radius 1 is 1.26 bits per heavy atom. The molecule has 1 fully saturated rings. The van der Waals surface area contributed by atoms with Gasteiger partial charge in [0, 0.05) is 30.8 Å². The van der Waals surface area contributed by atoms with Crippen LogP contribution in [0, 0.1) is 5.41 Å². The van der Waals surface area contributed by atoms with Crippen LogP contribution >= 0.6 is 11.6 Å². The summed E-state index contributed by atoms with van der Waals surface area (Å²) in [5, 5.41) is 4.62. The largest absolute Gasteiger partial charge is 0.381 e. The molecule has 0 aromatic heterocycles. The summed E-state index contributed by atoms with van der Waals surface area (Å²) >= 11 is 6.06. The maximum atomic E-state index is 6.06. The zero-order valence-corrected chi connectivity index (χ0v) is 12.3. The standard InChI is InChI=1S/C16H22ClNO/c1-16(4-6-19-7-5-16)11-18-15-9-12-2-3-14(17)8-13(12)10-15/h2-3,8,15,18H,4-7,9-11H2,1H3. The zero-order valence-electron chi connectivity index (χ0n) is 11.5. The molecule has 1 aliphatic carbocycles. The van der Waals surface area contributed by atoms with Gasteiger partial charge in [-0.1, -0.05) is 24.6 Å². The molecule has 1 N–H and O–H groups in total. The Hall–Kier alpha value is -0.570. The van der Waals surface area contributed by atoms with Crippen molar-refractivity contribution in [3.8, 4) is 0 Å². The average molecular weight is 280 g/mol. The van der Waals surface area contributed by atoms with Crippen molar-refractivity contribution in [2.45, 2.75) is 38.6 Å². The molecule has 0 radical (unpaired) electrons. The predicted molar refractivity (Wildman–Crippen MR) is 78.8 cm³/mol. The smallest absolute Gasteiger partial charge is 0.0471 e. The molecular formula is C16H22ClNO. The zero-order chi connectivity index (χ0) is 13.3. The Labute approximate surface area is 120 Å². The van der Waals surface area contributed by atoms with Gasteiger partial charge in [0.15, 0.2) is 0 Å². The minimum atomic E-state index is 0.407. The molecule has 0 saturated carbocycles. The Bertz CT molecular complexity index is 454. The molecule has 1 aliphatic heterocycles. The van der Waals surface area contributed by atoms with Gasteiger partial charge in [0.25, 0.3) is 0 Å². The van der Waals surface area contributed by atoms with Crippen LogP contribution in [-0.2, 0) is 17.6 Å². The minimum absolute atomic E-state index is 0.407. The second kappa shape index (κ2) is 5.43. The Balaban J connectivity index is 1.55. The van der Waals surface area contributed by atoms with Gasteiger partial charge in [-0.3, -0.25) is 0 Å². The quantitative estimate of drug-likeness (QED) is 0.917. The van der Waals surface area contributed by atoms with Crippen molar-refractivity contribution in [2.75, 3.05) is 19.8 Å². The van der Waals surface area contributed by atoms with Crippen LogP contribution in [0.25, 0.3) is 0 Å². The third-order valence-electron chi connectivity index (χ3n) is 4.62. The summed E-state index contributed by atoms with van der Waals surface area (Å²) in [6, 6.07) is 6.88. The molecule has 2 aliphatic rings. The molecule has 0 amide bonds. The van der Waals surface area contributed by atoms with Crippen LogP contribution in [0.3, 0.4) is 0 Å². The summed E-state index contributed by atoms with van der Waals surface area (Å²) in [5.74, 6) is 0. The monoisotopic (exact) mass is 279 g/mol. The fraction of sp³-hybridized carbons (Fsp3) is 0.625. The summed E-state index contributed by atoms with van der Waals surface area (Å²) in [7, 11) is 0. The fourth-order valence-corrected chi connectivity index (χ4v) is 3.36. The lowest BCUT2D eigenvalue weighted by molar-refractivity contribution is 0.0230. The van der Waals surface area contributed by atoms with Crippen LogP contribution in [0.15, 0.2) is 18.2 Å². The van der Waals surface area contributed by atoms with E-state index in [0.29, 0.717) is 11.5 Å². The van der Waals surface area contributed by atoms with E-state index >= 15 is 0 Å². The third kappa shape index (κ3) is 3.13. The molecule has 104 valence electrons. The van der Waals surface area contributed by atoms with Crippen molar-refractivity contribution in [3.05, 3.63) is 34.3 Å². The summed E-state index contributed by atoms with van der Waals surface area (Å²) in [6.45, 7) is 5.31. The van der Waals surface area contributed by atoms with E-state index in [1.807, 2.05) is 6.07 Å². The van der Waals surface area contributed by atoms with Crippen molar-refractivity contribution < 1.29 is 4.74 Å². The van der Waals surface area contributed by atoms with Crippen LogP contribution in [0.2, 0.25) is 5.02 Å². The van der Waals surface area contributed by atoms with E-state index < -0.39 is 0 Å². The molecule has 0 bridgehead atoms. The fourth-order valence-electron chi connectivity index (χ4n) is 3.16.